The molecule has 1 aromatic carbocycles. The average Bonchev–Trinajstić information content (AvgIpc) is 3.27. The lowest BCUT2D eigenvalue weighted by Crippen LogP contribution is -2.30. The van der Waals surface area contributed by atoms with Gasteiger partial charge in [0.1, 0.15) is 17.4 Å². The number of aromatic nitrogens is 2. The van der Waals surface area contributed by atoms with Crippen LogP contribution in [0.4, 0.5) is 5.69 Å². The van der Waals surface area contributed by atoms with E-state index in [1.807, 2.05) is 40.6 Å². The largest absolute Gasteiger partial charge is 0.485 e. The molecule has 4 rings (SSSR count). The summed E-state index contributed by atoms with van der Waals surface area (Å²) in [5.74, 6) is 0.805. The number of thiazole rings is 1. The zero-order chi connectivity index (χ0) is 17.1. The highest BCUT2D eigenvalue weighted by molar-refractivity contribution is 7.09. The number of para-hydroxylation sites is 1. The van der Waals surface area contributed by atoms with Gasteiger partial charge >= 0.3 is 0 Å². The normalized spacial score (nSPS) is 12.9. The van der Waals surface area contributed by atoms with Crippen LogP contribution in [0, 0.1) is 0 Å². The topological polar surface area (TPSA) is 55.3 Å². The standard InChI is InChI=1S/C19H17N3O2S/c23-19(22-9-7-14-4-1-2-6-17(14)22)10-15-13-25-18(21-15)12-24-16-5-3-8-20-11-16/h1-6,8,11,13H,7,9-10,12H2. The van der Waals surface area contributed by atoms with Crippen LogP contribution in [0.5, 0.6) is 5.75 Å². The second kappa shape index (κ2) is 7.03. The molecule has 5 nitrogen and oxygen atoms in total. The van der Waals surface area contributed by atoms with Gasteiger partial charge in [-0.3, -0.25) is 9.78 Å². The molecule has 3 aromatic rings. The van der Waals surface area contributed by atoms with Crippen LogP contribution in [0.25, 0.3) is 0 Å². The maximum absolute atomic E-state index is 12.6. The van der Waals surface area contributed by atoms with E-state index in [0.717, 1.165) is 29.4 Å². The fourth-order valence-corrected chi connectivity index (χ4v) is 3.63. The number of hydrogen-bond acceptors (Lipinski definition) is 5. The highest BCUT2D eigenvalue weighted by Gasteiger charge is 2.24. The quantitative estimate of drug-likeness (QED) is 0.708. The van der Waals surface area contributed by atoms with Crippen molar-refractivity contribution < 1.29 is 9.53 Å². The Morgan fingerprint density at radius 3 is 3.04 bits per heavy atom. The SMILES string of the molecule is O=C(Cc1csc(COc2cccnc2)n1)N1CCc2ccccc21. The van der Waals surface area contributed by atoms with Gasteiger partial charge in [0.15, 0.2) is 0 Å². The minimum Gasteiger partial charge on any atom is -0.485 e. The third kappa shape index (κ3) is 3.53. The molecule has 3 heterocycles. The minimum absolute atomic E-state index is 0.0926. The van der Waals surface area contributed by atoms with Crippen molar-refractivity contribution in [3.8, 4) is 5.75 Å². The number of amides is 1. The Balaban J connectivity index is 1.37. The van der Waals surface area contributed by atoms with Gasteiger partial charge in [0.05, 0.1) is 18.3 Å². The van der Waals surface area contributed by atoms with Gasteiger partial charge in [0, 0.05) is 23.8 Å². The van der Waals surface area contributed by atoms with Crippen LogP contribution >= 0.6 is 11.3 Å². The number of fused-ring (bicyclic) bond motifs is 1. The van der Waals surface area contributed by atoms with Gasteiger partial charge in [0.2, 0.25) is 5.91 Å². The molecule has 6 heteroatoms. The highest BCUT2D eigenvalue weighted by Crippen LogP contribution is 2.28. The van der Waals surface area contributed by atoms with Crippen LogP contribution in [0.3, 0.4) is 0 Å². The molecule has 0 bridgehead atoms. The van der Waals surface area contributed by atoms with Crippen molar-refractivity contribution in [2.75, 3.05) is 11.4 Å². The van der Waals surface area contributed by atoms with E-state index in [-0.39, 0.29) is 5.91 Å². The maximum atomic E-state index is 12.6. The van der Waals surface area contributed by atoms with Gasteiger partial charge in [0.25, 0.3) is 0 Å². The zero-order valence-corrected chi connectivity index (χ0v) is 14.4. The van der Waals surface area contributed by atoms with Crippen molar-refractivity contribution >= 4 is 22.9 Å². The molecule has 1 aliphatic heterocycles. The average molecular weight is 351 g/mol. The molecule has 0 N–H and O–H groups in total. The van der Waals surface area contributed by atoms with Crippen LogP contribution < -0.4 is 9.64 Å². The van der Waals surface area contributed by atoms with E-state index in [2.05, 4.69) is 16.0 Å². The molecule has 0 unspecified atom stereocenters. The summed E-state index contributed by atoms with van der Waals surface area (Å²) in [6, 6.07) is 11.8. The molecule has 0 saturated heterocycles. The van der Waals surface area contributed by atoms with Gasteiger partial charge in [-0.1, -0.05) is 18.2 Å². The van der Waals surface area contributed by atoms with Crippen LogP contribution in [0.15, 0.2) is 54.2 Å². The Bertz CT molecular complexity index is 879. The van der Waals surface area contributed by atoms with Gasteiger partial charge in [-0.25, -0.2) is 4.98 Å². The summed E-state index contributed by atoms with van der Waals surface area (Å²) < 4.78 is 5.65. The van der Waals surface area contributed by atoms with Crippen molar-refractivity contribution in [1.82, 2.24) is 9.97 Å². The number of hydrogen-bond donors (Lipinski definition) is 0. The molecule has 2 aromatic heterocycles. The molecule has 0 fully saturated rings. The predicted molar refractivity (Wildman–Crippen MR) is 96.9 cm³/mol. The number of benzene rings is 1. The molecular formula is C19H17N3O2S. The first kappa shape index (κ1) is 15.8. The van der Waals surface area contributed by atoms with E-state index in [0.29, 0.717) is 18.8 Å². The Hall–Kier alpha value is -2.73. The lowest BCUT2D eigenvalue weighted by Gasteiger charge is -2.16. The Morgan fingerprint density at radius 1 is 1.24 bits per heavy atom. The van der Waals surface area contributed by atoms with Crippen molar-refractivity contribution in [3.05, 3.63) is 70.4 Å². The van der Waals surface area contributed by atoms with Crippen LogP contribution in [-0.2, 0) is 24.2 Å². The van der Waals surface area contributed by atoms with Crippen LogP contribution in [0.1, 0.15) is 16.3 Å². The van der Waals surface area contributed by atoms with Crippen molar-refractivity contribution in [2.24, 2.45) is 0 Å². The molecular weight excluding hydrogens is 334 g/mol. The van der Waals surface area contributed by atoms with Gasteiger partial charge in [-0.15, -0.1) is 11.3 Å². The third-order valence-corrected chi connectivity index (χ3v) is 4.99. The second-order valence-electron chi connectivity index (χ2n) is 5.81. The van der Waals surface area contributed by atoms with Gasteiger partial charge in [-0.2, -0.15) is 0 Å². The number of carbonyl (C=O) groups is 1. The monoisotopic (exact) mass is 351 g/mol. The Kier molecular flexibility index (Phi) is 4.43. The minimum atomic E-state index is 0.0926. The van der Waals surface area contributed by atoms with E-state index >= 15 is 0 Å². The summed E-state index contributed by atoms with van der Waals surface area (Å²) in [5.41, 5.74) is 3.06. The predicted octanol–water partition coefficient (Wildman–Crippen LogP) is 3.25. The third-order valence-electron chi connectivity index (χ3n) is 4.12. The number of rotatable bonds is 5. The summed E-state index contributed by atoms with van der Waals surface area (Å²) in [4.78, 5) is 23.0. The fraction of sp³-hybridized carbons (Fsp3) is 0.211. The van der Waals surface area contributed by atoms with E-state index in [4.69, 9.17) is 4.74 Å². The Labute approximate surface area is 149 Å². The molecule has 0 atom stereocenters. The number of pyridine rings is 1. The molecule has 0 saturated carbocycles. The highest BCUT2D eigenvalue weighted by atomic mass is 32.1. The molecule has 1 aliphatic rings. The van der Waals surface area contributed by atoms with E-state index in [1.54, 1.807) is 12.4 Å². The first-order valence-corrected chi connectivity index (χ1v) is 9.02. The zero-order valence-electron chi connectivity index (χ0n) is 13.6. The first-order chi connectivity index (χ1) is 12.3. The van der Waals surface area contributed by atoms with Gasteiger partial charge < -0.3 is 9.64 Å². The molecule has 1 amide bonds. The fourth-order valence-electron chi connectivity index (χ4n) is 2.92. The smallest absolute Gasteiger partial charge is 0.233 e. The molecule has 0 spiro atoms. The molecule has 126 valence electrons. The van der Waals surface area contributed by atoms with Crippen LogP contribution in [-0.4, -0.2) is 22.4 Å². The number of ether oxygens (including phenoxy) is 1. The number of anilines is 1. The summed E-state index contributed by atoms with van der Waals surface area (Å²) in [6.45, 7) is 1.14. The Morgan fingerprint density at radius 2 is 2.16 bits per heavy atom. The number of carbonyl (C=O) groups excluding carboxylic acids is 1. The van der Waals surface area contributed by atoms with Crippen molar-refractivity contribution in [2.45, 2.75) is 19.4 Å². The van der Waals surface area contributed by atoms with Crippen molar-refractivity contribution in [1.29, 1.82) is 0 Å². The van der Waals surface area contributed by atoms with E-state index < -0.39 is 0 Å². The van der Waals surface area contributed by atoms with Gasteiger partial charge in [-0.05, 0) is 30.2 Å². The second-order valence-corrected chi connectivity index (χ2v) is 6.75. The van der Waals surface area contributed by atoms with Crippen molar-refractivity contribution in [3.63, 3.8) is 0 Å². The summed E-state index contributed by atoms with van der Waals surface area (Å²) >= 11 is 1.51. The molecule has 0 radical (unpaired) electrons. The van der Waals surface area contributed by atoms with E-state index in [9.17, 15) is 4.79 Å². The lowest BCUT2D eigenvalue weighted by molar-refractivity contribution is -0.117. The summed E-state index contributed by atoms with van der Waals surface area (Å²) in [7, 11) is 0. The molecule has 0 aliphatic carbocycles. The van der Waals surface area contributed by atoms with E-state index in [1.165, 1.54) is 16.9 Å². The summed E-state index contributed by atoms with van der Waals surface area (Å²) in [5, 5.41) is 2.79. The maximum Gasteiger partial charge on any atom is 0.233 e. The molecule has 25 heavy (non-hydrogen) atoms. The number of nitrogens with zero attached hydrogens (tertiary/aromatic N) is 3. The lowest BCUT2D eigenvalue weighted by atomic mass is 10.2. The summed E-state index contributed by atoms with van der Waals surface area (Å²) in [6.07, 6.45) is 4.61. The van der Waals surface area contributed by atoms with Crippen LogP contribution in [0.2, 0.25) is 0 Å². The first-order valence-electron chi connectivity index (χ1n) is 8.14.